The van der Waals surface area contributed by atoms with E-state index in [0.717, 1.165) is 47.4 Å². The van der Waals surface area contributed by atoms with Crippen molar-refractivity contribution in [2.75, 3.05) is 18.6 Å². The Labute approximate surface area is 164 Å². The van der Waals surface area contributed by atoms with Gasteiger partial charge in [-0.25, -0.2) is 4.79 Å². The standard InChI is InChI=1S/C22H23N3O3/c1-3-22(27)24-19-6-4-5-16-17(10-23-11-18(16)19)14-7-8-20-21(9-14)28-13-15(12-26)25(20)2/h7-11,19H,3-6,13H2,1-2H3,(H,24,27). The molecular weight excluding hydrogens is 354 g/mol. The minimum atomic E-state index is 0.0175. The fourth-order valence-corrected chi connectivity index (χ4v) is 3.98. The van der Waals surface area contributed by atoms with Gasteiger partial charge >= 0.3 is 0 Å². The number of hydrogen-bond donors (Lipinski definition) is 1. The molecule has 0 bridgehead atoms. The third-order valence-corrected chi connectivity index (χ3v) is 5.56. The number of nitrogens with one attached hydrogen (secondary N) is 1. The van der Waals surface area contributed by atoms with E-state index in [1.54, 1.807) is 0 Å². The molecule has 144 valence electrons. The molecule has 6 nitrogen and oxygen atoms in total. The molecule has 28 heavy (non-hydrogen) atoms. The number of fused-ring (bicyclic) bond motifs is 2. The summed E-state index contributed by atoms with van der Waals surface area (Å²) >= 11 is 0. The SMILES string of the molecule is CCC(=O)NC1CCCc2c(-c3ccc4c(c3)OCC(=C=O)N4C)cncc21. The molecule has 1 N–H and O–H groups in total. The van der Waals surface area contributed by atoms with Gasteiger partial charge in [0.25, 0.3) is 0 Å². The van der Waals surface area contributed by atoms with Crippen LogP contribution < -0.4 is 15.0 Å². The fraction of sp³-hybridized carbons (Fsp3) is 0.364. The van der Waals surface area contributed by atoms with Crippen LogP contribution in [0.1, 0.15) is 43.4 Å². The van der Waals surface area contributed by atoms with Gasteiger partial charge in [0.1, 0.15) is 24.0 Å². The third-order valence-electron chi connectivity index (χ3n) is 5.56. The van der Waals surface area contributed by atoms with Crippen LogP contribution in [0.15, 0.2) is 36.3 Å². The Morgan fingerprint density at radius 1 is 1.39 bits per heavy atom. The van der Waals surface area contributed by atoms with E-state index in [4.69, 9.17) is 4.74 Å². The molecule has 0 saturated heterocycles. The largest absolute Gasteiger partial charge is 0.484 e. The average molecular weight is 377 g/mol. The van der Waals surface area contributed by atoms with Gasteiger partial charge < -0.3 is 15.0 Å². The first-order valence-electron chi connectivity index (χ1n) is 9.63. The lowest BCUT2D eigenvalue weighted by Crippen LogP contribution is -2.30. The minimum Gasteiger partial charge on any atom is -0.484 e. The molecule has 1 atom stereocenters. The number of carbonyl (C=O) groups is 1. The molecular formula is C22H23N3O3. The summed E-state index contributed by atoms with van der Waals surface area (Å²) < 4.78 is 5.77. The summed E-state index contributed by atoms with van der Waals surface area (Å²) in [6.45, 7) is 2.08. The maximum Gasteiger partial charge on any atom is 0.220 e. The zero-order chi connectivity index (χ0) is 19.7. The van der Waals surface area contributed by atoms with Crippen LogP contribution in [-0.2, 0) is 16.0 Å². The molecule has 2 aliphatic rings. The molecule has 6 heteroatoms. The molecule has 0 radical (unpaired) electrons. The van der Waals surface area contributed by atoms with Gasteiger partial charge in [0.05, 0.1) is 11.7 Å². The van der Waals surface area contributed by atoms with E-state index in [1.165, 1.54) is 5.56 Å². The number of anilines is 1. The van der Waals surface area contributed by atoms with Crippen molar-refractivity contribution >= 4 is 17.5 Å². The highest BCUT2D eigenvalue weighted by atomic mass is 16.5. The van der Waals surface area contributed by atoms with Gasteiger partial charge in [0.15, 0.2) is 0 Å². The lowest BCUT2D eigenvalue weighted by Gasteiger charge is -2.29. The summed E-state index contributed by atoms with van der Waals surface area (Å²) in [6.07, 6.45) is 7.16. The maximum atomic E-state index is 11.9. The predicted octanol–water partition coefficient (Wildman–Crippen LogP) is 3.20. The molecule has 1 unspecified atom stereocenters. The molecule has 1 aromatic heterocycles. The van der Waals surface area contributed by atoms with Crippen molar-refractivity contribution in [3.8, 4) is 16.9 Å². The molecule has 0 spiro atoms. The van der Waals surface area contributed by atoms with E-state index in [1.807, 2.05) is 55.4 Å². The third kappa shape index (κ3) is 3.16. The number of likely N-dealkylation sites (N-methyl/N-ethyl adjacent to an activating group) is 1. The minimum absolute atomic E-state index is 0.0175. The summed E-state index contributed by atoms with van der Waals surface area (Å²) in [5.74, 6) is 2.73. The fourth-order valence-electron chi connectivity index (χ4n) is 3.98. The average Bonchev–Trinajstić information content (AvgIpc) is 2.73. The van der Waals surface area contributed by atoms with Gasteiger partial charge in [-0.3, -0.25) is 9.78 Å². The highest BCUT2D eigenvalue weighted by molar-refractivity contribution is 5.78. The number of pyridine rings is 1. The summed E-state index contributed by atoms with van der Waals surface area (Å²) in [4.78, 5) is 29.2. The van der Waals surface area contributed by atoms with Crippen molar-refractivity contribution in [1.82, 2.24) is 10.3 Å². The molecule has 4 rings (SSSR count). The van der Waals surface area contributed by atoms with Crippen LogP contribution in [0.2, 0.25) is 0 Å². The normalized spacial score (nSPS) is 17.9. The summed E-state index contributed by atoms with van der Waals surface area (Å²) in [7, 11) is 1.84. The van der Waals surface area contributed by atoms with E-state index in [2.05, 4.69) is 10.3 Å². The Morgan fingerprint density at radius 3 is 3.04 bits per heavy atom. The zero-order valence-corrected chi connectivity index (χ0v) is 16.1. The van der Waals surface area contributed by atoms with E-state index in [0.29, 0.717) is 12.1 Å². The van der Waals surface area contributed by atoms with Crippen molar-refractivity contribution in [2.45, 2.75) is 38.6 Å². The van der Waals surface area contributed by atoms with Gasteiger partial charge in [0, 0.05) is 31.4 Å². The number of aromatic nitrogens is 1. The Morgan fingerprint density at radius 2 is 2.25 bits per heavy atom. The first kappa shape index (κ1) is 18.3. The number of amides is 1. The molecule has 1 aliphatic heterocycles. The Balaban J connectivity index is 1.72. The number of nitrogens with zero attached hydrogens (tertiary/aromatic N) is 2. The lowest BCUT2D eigenvalue weighted by atomic mass is 9.84. The maximum absolute atomic E-state index is 11.9. The van der Waals surface area contributed by atoms with E-state index in [-0.39, 0.29) is 18.6 Å². The second-order valence-electron chi connectivity index (χ2n) is 7.20. The van der Waals surface area contributed by atoms with Crippen molar-refractivity contribution in [3.63, 3.8) is 0 Å². The van der Waals surface area contributed by atoms with Crippen LogP contribution in [0.25, 0.3) is 11.1 Å². The van der Waals surface area contributed by atoms with Gasteiger partial charge in [-0.15, -0.1) is 0 Å². The molecule has 1 aliphatic carbocycles. The van der Waals surface area contributed by atoms with Crippen molar-refractivity contribution in [1.29, 1.82) is 0 Å². The second kappa shape index (κ2) is 7.49. The highest BCUT2D eigenvalue weighted by Gasteiger charge is 2.26. The Bertz CT molecular complexity index is 979. The molecule has 2 heterocycles. The summed E-state index contributed by atoms with van der Waals surface area (Å²) in [5, 5.41) is 3.12. The first-order valence-corrected chi connectivity index (χ1v) is 9.63. The zero-order valence-electron chi connectivity index (χ0n) is 16.1. The monoisotopic (exact) mass is 377 g/mol. The Kier molecular flexibility index (Phi) is 4.88. The molecule has 2 aromatic rings. The molecule has 0 fully saturated rings. The van der Waals surface area contributed by atoms with Crippen molar-refractivity contribution in [2.24, 2.45) is 0 Å². The summed E-state index contributed by atoms with van der Waals surface area (Å²) in [6, 6.07) is 6.00. The summed E-state index contributed by atoms with van der Waals surface area (Å²) in [5.41, 5.74) is 5.76. The first-order chi connectivity index (χ1) is 13.6. The topological polar surface area (TPSA) is 71.5 Å². The van der Waals surface area contributed by atoms with Crippen molar-refractivity contribution in [3.05, 3.63) is 47.4 Å². The van der Waals surface area contributed by atoms with Crippen molar-refractivity contribution < 1.29 is 14.3 Å². The van der Waals surface area contributed by atoms with E-state index in [9.17, 15) is 9.59 Å². The van der Waals surface area contributed by atoms with Gasteiger partial charge in [-0.2, -0.15) is 0 Å². The van der Waals surface area contributed by atoms with Crippen LogP contribution in [0.3, 0.4) is 0 Å². The highest BCUT2D eigenvalue weighted by Crippen LogP contribution is 2.40. The lowest BCUT2D eigenvalue weighted by molar-refractivity contribution is -0.121. The van der Waals surface area contributed by atoms with Gasteiger partial charge in [0.2, 0.25) is 5.91 Å². The number of ether oxygens (including phenoxy) is 1. The van der Waals surface area contributed by atoms with Crippen LogP contribution in [0, 0.1) is 0 Å². The second-order valence-corrected chi connectivity index (χ2v) is 7.20. The number of carbonyl (C=O) groups excluding carboxylic acids is 2. The quantitative estimate of drug-likeness (QED) is 0.832. The number of rotatable bonds is 3. The smallest absolute Gasteiger partial charge is 0.220 e. The van der Waals surface area contributed by atoms with Crippen LogP contribution in [-0.4, -0.2) is 30.5 Å². The van der Waals surface area contributed by atoms with Gasteiger partial charge in [-0.05, 0) is 48.1 Å². The molecule has 1 aromatic carbocycles. The predicted molar refractivity (Wildman–Crippen MR) is 107 cm³/mol. The molecule has 0 saturated carbocycles. The van der Waals surface area contributed by atoms with Crippen LogP contribution in [0.5, 0.6) is 5.75 Å². The van der Waals surface area contributed by atoms with E-state index >= 15 is 0 Å². The van der Waals surface area contributed by atoms with Crippen LogP contribution >= 0.6 is 0 Å². The number of hydrogen-bond acceptors (Lipinski definition) is 5. The molecule has 1 amide bonds. The van der Waals surface area contributed by atoms with E-state index < -0.39 is 0 Å². The van der Waals surface area contributed by atoms with Gasteiger partial charge in [-0.1, -0.05) is 13.0 Å². The Hall–Kier alpha value is -3.11. The number of benzene rings is 1. The van der Waals surface area contributed by atoms with Crippen LogP contribution in [0.4, 0.5) is 5.69 Å².